The zero-order valence-corrected chi connectivity index (χ0v) is 50.0. The molecule has 0 spiro atoms. The molecule has 0 unspecified atom stereocenters. The van der Waals surface area contributed by atoms with E-state index in [1.807, 2.05) is 29.8 Å². The van der Waals surface area contributed by atoms with Crippen molar-refractivity contribution < 1.29 is 0 Å². The summed E-state index contributed by atoms with van der Waals surface area (Å²) in [6, 6.07) is 110. The van der Waals surface area contributed by atoms with E-state index >= 15 is 0 Å². The molecule has 4 aromatic heterocycles. The fourth-order valence-corrected chi connectivity index (χ4v) is 16.0. The van der Waals surface area contributed by atoms with Crippen LogP contribution in [0, 0.1) is 0 Å². The Kier molecular flexibility index (Phi) is 11.5. The molecule has 0 bridgehead atoms. The van der Waals surface area contributed by atoms with Gasteiger partial charge in [-0.1, -0.05) is 237 Å². The Morgan fingerprint density at radius 3 is 1.26 bits per heavy atom. The number of aromatic nitrogens is 3. The van der Waals surface area contributed by atoms with Crippen LogP contribution in [0.25, 0.3) is 196 Å². The number of nitrogens with zero attached hydrogens (tertiary/aromatic N) is 3. The molecule has 0 aliphatic heterocycles. The van der Waals surface area contributed by atoms with Crippen LogP contribution < -0.4 is 0 Å². The molecule has 91 heavy (non-hydrogen) atoms. The molecule has 19 rings (SSSR count). The molecule has 0 fully saturated rings. The molecule has 0 N–H and O–H groups in total. The molecule has 0 aliphatic rings. The Labute approximate surface area is 528 Å². The summed E-state index contributed by atoms with van der Waals surface area (Å²) in [5.74, 6) is 0. The van der Waals surface area contributed by atoms with Gasteiger partial charge in [-0.3, -0.25) is 9.97 Å². The zero-order chi connectivity index (χ0) is 59.7. The van der Waals surface area contributed by atoms with Gasteiger partial charge in [0.15, 0.2) is 0 Å². The lowest BCUT2D eigenvalue weighted by Gasteiger charge is -2.20. The summed E-state index contributed by atoms with van der Waals surface area (Å²) in [5, 5.41) is 21.6. The second kappa shape index (κ2) is 20.4. The normalized spacial score (nSPS) is 12.0. The first-order chi connectivity index (χ1) is 45.1. The summed E-state index contributed by atoms with van der Waals surface area (Å²) in [4.78, 5) is 15.1. The Hall–Kier alpha value is -11.7. The second-order valence-electron chi connectivity index (χ2n) is 24.1. The summed E-state index contributed by atoms with van der Waals surface area (Å²) in [6.07, 6.45) is 3.83. The average Bonchev–Trinajstić information content (AvgIpc) is 1.06. The van der Waals surface area contributed by atoms with Crippen molar-refractivity contribution in [2.24, 2.45) is 0 Å². The number of fused-ring (bicyclic) bond motifs is 13. The van der Waals surface area contributed by atoms with Gasteiger partial charge < -0.3 is 0 Å². The largest absolute Gasteiger partial charge is 0.255 e. The van der Waals surface area contributed by atoms with Gasteiger partial charge in [-0.15, -0.1) is 11.3 Å². The predicted octanol–water partition coefficient (Wildman–Crippen LogP) is 24.3. The maximum atomic E-state index is 5.18. The summed E-state index contributed by atoms with van der Waals surface area (Å²) in [6.45, 7) is 0. The molecular formula is C87H51N3S. The lowest BCUT2D eigenvalue weighted by molar-refractivity contribution is 1.37. The van der Waals surface area contributed by atoms with Crippen molar-refractivity contribution in [3.63, 3.8) is 0 Å². The van der Waals surface area contributed by atoms with E-state index in [1.54, 1.807) is 0 Å². The van der Waals surface area contributed by atoms with Crippen LogP contribution in [0.2, 0.25) is 0 Å². The highest BCUT2D eigenvalue weighted by molar-refractivity contribution is 7.26. The topological polar surface area (TPSA) is 38.7 Å². The fourth-order valence-electron chi connectivity index (χ4n) is 14.7. The summed E-state index contributed by atoms with van der Waals surface area (Å²) in [7, 11) is 0. The highest BCUT2D eigenvalue weighted by Gasteiger charge is 2.23. The molecule has 0 amide bonds. The highest BCUT2D eigenvalue weighted by Crippen LogP contribution is 2.50. The van der Waals surface area contributed by atoms with E-state index < -0.39 is 0 Å². The highest BCUT2D eigenvalue weighted by atomic mass is 32.1. The minimum atomic E-state index is 0.921. The van der Waals surface area contributed by atoms with E-state index in [9.17, 15) is 0 Å². The van der Waals surface area contributed by atoms with Gasteiger partial charge in [0.05, 0.1) is 27.1 Å². The third-order valence-electron chi connectivity index (χ3n) is 19.1. The molecular weight excluding hydrogens is 1120 g/mol. The molecule has 19 aromatic rings. The molecule has 420 valence electrons. The van der Waals surface area contributed by atoms with Crippen molar-refractivity contribution in [1.29, 1.82) is 0 Å². The first kappa shape index (κ1) is 51.4. The predicted molar refractivity (Wildman–Crippen MR) is 388 cm³/mol. The van der Waals surface area contributed by atoms with Crippen LogP contribution in [0.5, 0.6) is 0 Å². The molecule has 0 saturated carbocycles. The third-order valence-corrected chi connectivity index (χ3v) is 20.2. The molecule has 15 aromatic carbocycles. The van der Waals surface area contributed by atoms with E-state index in [1.165, 1.54) is 146 Å². The van der Waals surface area contributed by atoms with Crippen LogP contribution in [0.3, 0.4) is 0 Å². The third kappa shape index (κ3) is 8.31. The maximum Gasteiger partial charge on any atom is 0.0972 e. The van der Waals surface area contributed by atoms with Gasteiger partial charge in [0.25, 0.3) is 0 Å². The number of pyridine rings is 3. The summed E-state index contributed by atoms with van der Waals surface area (Å²) in [5.41, 5.74) is 17.9. The first-order valence-electron chi connectivity index (χ1n) is 31.1. The quantitative estimate of drug-likeness (QED) is 0.118. The Morgan fingerprint density at radius 2 is 0.626 bits per heavy atom. The molecule has 0 aliphatic carbocycles. The van der Waals surface area contributed by atoms with E-state index in [0.29, 0.717) is 0 Å². The number of rotatable bonds is 7. The smallest absolute Gasteiger partial charge is 0.0972 e. The van der Waals surface area contributed by atoms with Gasteiger partial charge in [-0.05, 0) is 192 Å². The van der Waals surface area contributed by atoms with E-state index in [2.05, 4.69) is 291 Å². The number of hydrogen-bond donors (Lipinski definition) is 0. The zero-order valence-electron chi connectivity index (χ0n) is 49.2. The number of hydrogen-bond acceptors (Lipinski definition) is 4. The molecule has 0 saturated heterocycles. The number of thiophene rings is 1. The lowest BCUT2D eigenvalue weighted by Crippen LogP contribution is -1.93. The Balaban J connectivity index is 0.759. The fraction of sp³-hybridized carbons (Fsp3) is 0. The van der Waals surface area contributed by atoms with Crippen molar-refractivity contribution in [2.45, 2.75) is 0 Å². The van der Waals surface area contributed by atoms with Crippen molar-refractivity contribution in [3.05, 3.63) is 310 Å². The van der Waals surface area contributed by atoms with E-state index in [4.69, 9.17) is 15.0 Å². The molecule has 4 heteroatoms. The SMILES string of the molecule is c1ccc2cc(-c3c4ccc(-c5ccc6cc(-c7c8ccccc8c(-c8ccc(-c9ccc%10ccc%11cccnc%11c%10n9)cc8)c8ccccc78)ccc6c5)cc4c(-c4ccc5ccccc5c4)c4cc(-c5nccc6c5sc5ccccc56)ccc34)ccc2c1. The van der Waals surface area contributed by atoms with Crippen LogP contribution in [0.4, 0.5) is 0 Å². The van der Waals surface area contributed by atoms with Crippen molar-refractivity contribution >= 4 is 129 Å². The van der Waals surface area contributed by atoms with Gasteiger partial charge in [0.2, 0.25) is 0 Å². The van der Waals surface area contributed by atoms with Gasteiger partial charge in [-0.25, -0.2) is 4.98 Å². The van der Waals surface area contributed by atoms with Gasteiger partial charge in [-0.2, -0.15) is 0 Å². The standard InChI is InChI=1S/C87H51N3S/c1-3-14-58-47-64(34-23-52(58)12-1)82-73-40-37-63(50-76(73)83(66-35-24-53-13-2-4-15-59(53)48-66)77-51-67(38-41-74(77)82)86-87-75(43-45-89-86)68-17-9-10-22-79(68)91-87)61-31-32-62-49-65(36-33-60(62)46-61)81-71-20-7-5-18-69(71)80(70-19-6-8-21-72(70)81)55-27-25-54(26-28-55)78-42-39-57-30-29-56-16-11-44-88-84(56)85(57)90-78/h1-51H. The van der Waals surface area contributed by atoms with Crippen molar-refractivity contribution in [3.8, 4) is 78.1 Å². The molecule has 0 atom stereocenters. The van der Waals surface area contributed by atoms with Crippen LogP contribution >= 0.6 is 11.3 Å². The van der Waals surface area contributed by atoms with Crippen LogP contribution in [0.15, 0.2) is 310 Å². The monoisotopic (exact) mass is 1170 g/mol. The Bertz CT molecular complexity index is 6220. The molecule has 4 heterocycles. The number of benzene rings is 15. The van der Waals surface area contributed by atoms with E-state index in [0.717, 1.165) is 49.9 Å². The van der Waals surface area contributed by atoms with Crippen LogP contribution in [-0.2, 0) is 0 Å². The summed E-state index contributed by atoms with van der Waals surface area (Å²) < 4.78 is 2.48. The minimum Gasteiger partial charge on any atom is -0.255 e. The summed E-state index contributed by atoms with van der Waals surface area (Å²) >= 11 is 1.83. The lowest BCUT2D eigenvalue weighted by atomic mass is 9.83. The maximum absolute atomic E-state index is 5.18. The molecule has 3 nitrogen and oxygen atoms in total. The average molecular weight is 1170 g/mol. The van der Waals surface area contributed by atoms with Crippen molar-refractivity contribution in [2.75, 3.05) is 0 Å². The van der Waals surface area contributed by atoms with Crippen LogP contribution in [-0.4, -0.2) is 15.0 Å². The van der Waals surface area contributed by atoms with E-state index in [-0.39, 0.29) is 0 Å². The van der Waals surface area contributed by atoms with Gasteiger partial charge in [0, 0.05) is 49.8 Å². The first-order valence-corrected chi connectivity index (χ1v) is 31.9. The van der Waals surface area contributed by atoms with Crippen LogP contribution in [0.1, 0.15) is 0 Å². The van der Waals surface area contributed by atoms with Crippen molar-refractivity contribution in [1.82, 2.24) is 15.0 Å². The van der Waals surface area contributed by atoms with Gasteiger partial charge >= 0.3 is 0 Å². The second-order valence-corrected chi connectivity index (χ2v) is 25.2. The Morgan fingerprint density at radius 1 is 0.220 bits per heavy atom. The van der Waals surface area contributed by atoms with Gasteiger partial charge in [0.1, 0.15) is 0 Å². The molecule has 0 radical (unpaired) electrons. The minimum absolute atomic E-state index is 0.921.